The number of fused-ring (bicyclic) bond motifs is 1. The van der Waals surface area contributed by atoms with E-state index in [1.807, 2.05) is 12.3 Å². The van der Waals surface area contributed by atoms with Gasteiger partial charge in [-0.3, -0.25) is 4.79 Å². The first-order valence-corrected chi connectivity index (χ1v) is 6.58. The molecule has 2 unspecified atom stereocenters. The highest BCUT2D eigenvalue weighted by Gasteiger charge is 2.46. The fourth-order valence-corrected chi connectivity index (χ4v) is 3.33. The van der Waals surface area contributed by atoms with Crippen LogP contribution < -0.4 is 5.32 Å². The number of carbonyl (C=O) groups is 1. The predicted octanol–water partition coefficient (Wildman–Crippen LogP) is 2.10. The molecule has 98 valence electrons. The highest BCUT2D eigenvalue weighted by Crippen LogP contribution is 2.48. The molecule has 2 aromatic rings. The van der Waals surface area contributed by atoms with Gasteiger partial charge in [0.15, 0.2) is 0 Å². The molecular weight excluding hydrogens is 238 g/mol. The number of imidazole rings is 1. The first-order chi connectivity index (χ1) is 9.31. The molecule has 0 saturated heterocycles. The third-order valence-corrected chi connectivity index (χ3v) is 4.32. The van der Waals surface area contributed by atoms with E-state index in [2.05, 4.69) is 40.4 Å². The van der Waals surface area contributed by atoms with Crippen molar-refractivity contribution in [2.75, 3.05) is 0 Å². The Kier molecular flexibility index (Phi) is 2.85. The second-order valence-corrected chi connectivity index (χ2v) is 5.07. The molecule has 1 aliphatic carbocycles. The minimum Gasteiger partial charge on any atom is -0.351 e. The van der Waals surface area contributed by atoms with E-state index in [-0.39, 0.29) is 11.5 Å². The number of nitrogens with one attached hydrogen (secondary N) is 2. The number of aromatic nitrogens is 2. The van der Waals surface area contributed by atoms with Gasteiger partial charge in [-0.1, -0.05) is 31.2 Å². The molecule has 1 aliphatic rings. The van der Waals surface area contributed by atoms with Gasteiger partial charge in [0.05, 0.1) is 12.4 Å². The lowest BCUT2D eigenvalue weighted by Crippen LogP contribution is -2.38. The van der Waals surface area contributed by atoms with Crippen molar-refractivity contribution in [2.24, 2.45) is 0 Å². The molecule has 2 N–H and O–H groups in total. The number of benzene rings is 1. The van der Waals surface area contributed by atoms with Crippen molar-refractivity contribution in [1.82, 2.24) is 15.3 Å². The van der Waals surface area contributed by atoms with Crippen LogP contribution >= 0.6 is 0 Å². The summed E-state index contributed by atoms with van der Waals surface area (Å²) in [7, 11) is 0. The first-order valence-electron chi connectivity index (χ1n) is 6.58. The molecule has 1 aromatic carbocycles. The van der Waals surface area contributed by atoms with Gasteiger partial charge in [0, 0.05) is 17.3 Å². The molecule has 0 fully saturated rings. The molecule has 0 aliphatic heterocycles. The smallest absolute Gasteiger partial charge is 0.207 e. The third-order valence-electron chi connectivity index (χ3n) is 4.32. The molecule has 2 atom stereocenters. The van der Waals surface area contributed by atoms with Crippen LogP contribution in [0.5, 0.6) is 0 Å². The summed E-state index contributed by atoms with van der Waals surface area (Å²) in [5.74, 6) is 0. The molecule has 0 radical (unpaired) electrons. The number of hydrogen-bond acceptors (Lipinski definition) is 2. The number of H-pyrrole nitrogens is 1. The van der Waals surface area contributed by atoms with Crippen molar-refractivity contribution in [3.63, 3.8) is 0 Å². The third kappa shape index (κ3) is 1.67. The Morgan fingerprint density at radius 3 is 3.05 bits per heavy atom. The van der Waals surface area contributed by atoms with Crippen molar-refractivity contribution in [3.05, 3.63) is 53.6 Å². The minimum absolute atomic E-state index is 0.00616. The summed E-state index contributed by atoms with van der Waals surface area (Å²) in [6, 6.07) is 8.32. The molecule has 3 rings (SSSR count). The van der Waals surface area contributed by atoms with Crippen molar-refractivity contribution in [3.8, 4) is 0 Å². The van der Waals surface area contributed by atoms with Crippen molar-refractivity contribution in [1.29, 1.82) is 0 Å². The van der Waals surface area contributed by atoms with Crippen LogP contribution in [-0.4, -0.2) is 16.4 Å². The summed E-state index contributed by atoms with van der Waals surface area (Å²) in [5, 5.41) is 3.00. The largest absolute Gasteiger partial charge is 0.351 e. The summed E-state index contributed by atoms with van der Waals surface area (Å²) < 4.78 is 0. The van der Waals surface area contributed by atoms with Gasteiger partial charge < -0.3 is 10.3 Å². The van der Waals surface area contributed by atoms with E-state index < -0.39 is 0 Å². The zero-order valence-corrected chi connectivity index (χ0v) is 10.9. The van der Waals surface area contributed by atoms with E-state index in [0.717, 1.165) is 24.9 Å². The van der Waals surface area contributed by atoms with Crippen molar-refractivity contribution in [2.45, 2.75) is 31.2 Å². The SMILES string of the molecule is CCC1(c2cnc[nH]2)Cc2ccccc2C1NC=O. The molecule has 4 heteroatoms. The van der Waals surface area contributed by atoms with Gasteiger partial charge in [-0.05, 0) is 24.0 Å². The Morgan fingerprint density at radius 2 is 2.37 bits per heavy atom. The Labute approximate surface area is 112 Å². The van der Waals surface area contributed by atoms with E-state index in [0.29, 0.717) is 0 Å². The van der Waals surface area contributed by atoms with Gasteiger partial charge in [0.25, 0.3) is 0 Å². The van der Waals surface area contributed by atoms with Gasteiger partial charge >= 0.3 is 0 Å². The average molecular weight is 255 g/mol. The van der Waals surface area contributed by atoms with E-state index in [1.165, 1.54) is 11.1 Å². The zero-order valence-electron chi connectivity index (χ0n) is 10.9. The van der Waals surface area contributed by atoms with Crippen LogP contribution in [0.2, 0.25) is 0 Å². The van der Waals surface area contributed by atoms with Crippen LogP contribution in [-0.2, 0) is 16.6 Å². The molecule has 0 bridgehead atoms. The maximum atomic E-state index is 11.0. The van der Waals surface area contributed by atoms with Gasteiger partial charge in [-0.15, -0.1) is 0 Å². The number of amides is 1. The lowest BCUT2D eigenvalue weighted by Gasteiger charge is -2.33. The number of aromatic amines is 1. The summed E-state index contributed by atoms with van der Waals surface area (Å²) in [6.07, 6.45) is 6.23. The fraction of sp³-hybridized carbons (Fsp3) is 0.333. The van der Waals surface area contributed by atoms with Gasteiger partial charge in [-0.25, -0.2) is 4.98 Å². The van der Waals surface area contributed by atoms with Gasteiger partial charge in [-0.2, -0.15) is 0 Å². The van der Waals surface area contributed by atoms with Crippen LogP contribution in [0.3, 0.4) is 0 Å². The average Bonchev–Trinajstić information content (AvgIpc) is 3.06. The molecule has 1 heterocycles. The van der Waals surface area contributed by atoms with Crippen LogP contribution in [0.15, 0.2) is 36.8 Å². The van der Waals surface area contributed by atoms with Crippen LogP contribution in [0.25, 0.3) is 0 Å². The lowest BCUT2D eigenvalue weighted by molar-refractivity contribution is -0.110. The quantitative estimate of drug-likeness (QED) is 0.822. The zero-order chi connectivity index (χ0) is 13.3. The topological polar surface area (TPSA) is 57.8 Å². The number of hydrogen-bond donors (Lipinski definition) is 2. The van der Waals surface area contributed by atoms with Crippen LogP contribution in [0.1, 0.15) is 36.2 Å². The molecule has 0 spiro atoms. The molecule has 4 nitrogen and oxygen atoms in total. The molecule has 1 aromatic heterocycles. The normalized spacial score (nSPS) is 25.0. The van der Waals surface area contributed by atoms with E-state index in [4.69, 9.17) is 0 Å². The summed E-state index contributed by atoms with van der Waals surface area (Å²) in [6.45, 7) is 2.16. The van der Waals surface area contributed by atoms with E-state index in [9.17, 15) is 4.79 Å². The Hall–Kier alpha value is -2.10. The highest BCUT2D eigenvalue weighted by atomic mass is 16.1. The molecule has 1 amide bonds. The fourth-order valence-electron chi connectivity index (χ4n) is 3.33. The molecule has 19 heavy (non-hydrogen) atoms. The maximum absolute atomic E-state index is 11.0. The van der Waals surface area contributed by atoms with Gasteiger partial charge in [0.1, 0.15) is 0 Å². The number of carbonyl (C=O) groups excluding carboxylic acids is 1. The second kappa shape index (κ2) is 4.53. The summed E-state index contributed by atoms with van der Waals surface area (Å²) in [4.78, 5) is 18.4. The predicted molar refractivity (Wildman–Crippen MR) is 72.6 cm³/mol. The monoisotopic (exact) mass is 255 g/mol. The standard InChI is InChI=1S/C15H17N3O/c1-2-15(13-8-16-9-17-13)7-11-5-3-4-6-12(11)14(15)18-10-19/h3-6,8-10,14H,2,7H2,1H3,(H,16,17)(H,18,19). The van der Waals surface area contributed by atoms with Gasteiger partial charge in [0.2, 0.25) is 6.41 Å². The Bertz CT molecular complexity index is 579. The van der Waals surface area contributed by atoms with Crippen molar-refractivity contribution >= 4 is 6.41 Å². The Morgan fingerprint density at radius 1 is 1.53 bits per heavy atom. The number of rotatable bonds is 4. The first kappa shape index (κ1) is 12.0. The van der Waals surface area contributed by atoms with Crippen molar-refractivity contribution < 1.29 is 4.79 Å². The number of nitrogens with zero attached hydrogens (tertiary/aromatic N) is 1. The lowest BCUT2D eigenvalue weighted by atomic mass is 9.75. The summed E-state index contributed by atoms with van der Waals surface area (Å²) >= 11 is 0. The minimum atomic E-state index is -0.124. The molecule has 0 saturated carbocycles. The Balaban J connectivity index is 2.13. The van der Waals surface area contributed by atoms with Crippen LogP contribution in [0.4, 0.5) is 0 Å². The van der Waals surface area contributed by atoms with E-state index >= 15 is 0 Å². The molecular formula is C15H17N3O. The maximum Gasteiger partial charge on any atom is 0.207 e. The van der Waals surface area contributed by atoms with Crippen LogP contribution in [0, 0.1) is 0 Å². The highest BCUT2D eigenvalue weighted by molar-refractivity contribution is 5.53. The second-order valence-electron chi connectivity index (χ2n) is 5.07. The summed E-state index contributed by atoms with van der Waals surface area (Å²) in [5.41, 5.74) is 3.48. The van der Waals surface area contributed by atoms with E-state index in [1.54, 1.807) is 6.33 Å².